The minimum absolute atomic E-state index is 0.0771. The van der Waals surface area contributed by atoms with Gasteiger partial charge in [0.1, 0.15) is 0 Å². The zero-order valence-electron chi connectivity index (χ0n) is 17.3. The second-order valence-corrected chi connectivity index (χ2v) is 10.0. The highest BCUT2D eigenvalue weighted by atomic mass is 32.1. The maximum absolute atomic E-state index is 11.3. The van der Waals surface area contributed by atoms with Gasteiger partial charge in [0, 0.05) is 22.4 Å². The highest BCUT2D eigenvalue weighted by Crippen LogP contribution is 2.37. The SMILES string of the molecule is CC(=O)c1ccc(CCCC#Cc2ccc(CCC(C)(N)COP(=O)(O)O)s2)cc1. The van der Waals surface area contributed by atoms with Gasteiger partial charge in [0.15, 0.2) is 5.78 Å². The largest absolute Gasteiger partial charge is 0.469 e. The van der Waals surface area contributed by atoms with Crippen molar-refractivity contribution in [3.8, 4) is 11.8 Å². The predicted octanol–water partition coefficient (Wildman–Crippen LogP) is 4.08. The molecule has 0 saturated heterocycles. The van der Waals surface area contributed by atoms with Gasteiger partial charge < -0.3 is 15.5 Å². The van der Waals surface area contributed by atoms with Crippen molar-refractivity contribution in [3.05, 3.63) is 57.3 Å². The molecule has 0 aliphatic carbocycles. The van der Waals surface area contributed by atoms with Gasteiger partial charge in [-0.05, 0) is 57.2 Å². The van der Waals surface area contributed by atoms with Crippen molar-refractivity contribution < 1.29 is 23.7 Å². The van der Waals surface area contributed by atoms with E-state index in [-0.39, 0.29) is 12.4 Å². The Morgan fingerprint density at radius 2 is 1.90 bits per heavy atom. The molecule has 162 valence electrons. The molecule has 1 atom stereocenters. The van der Waals surface area contributed by atoms with Crippen LogP contribution in [0, 0.1) is 11.8 Å². The van der Waals surface area contributed by atoms with Gasteiger partial charge in [-0.3, -0.25) is 9.32 Å². The number of benzene rings is 1. The van der Waals surface area contributed by atoms with Crippen molar-refractivity contribution in [2.75, 3.05) is 6.61 Å². The van der Waals surface area contributed by atoms with Gasteiger partial charge in [-0.2, -0.15) is 0 Å². The van der Waals surface area contributed by atoms with E-state index < -0.39 is 13.4 Å². The number of hydrogen-bond acceptors (Lipinski definition) is 5. The Morgan fingerprint density at radius 3 is 2.53 bits per heavy atom. The maximum Gasteiger partial charge on any atom is 0.469 e. The molecule has 1 aromatic carbocycles. The lowest BCUT2D eigenvalue weighted by Crippen LogP contribution is -2.41. The molecular formula is C22H28NO5PS. The average Bonchev–Trinajstić information content (AvgIpc) is 3.13. The number of ketones is 1. The summed E-state index contributed by atoms with van der Waals surface area (Å²) in [6.45, 7) is 3.08. The predicted molar refractivity (Wildman–Crippen MR) is 119 cm³/mol. The second kappa shape index (κ2) is 11.0. The Bertz CT molecular complexity index is 950. The minimum Gasteiger partial charge on any atom is -0.323 e. The number of hydrogen-bond donors (Lipinski definition) is 3. The van der Waals surface area contributed by atoms with E-state index in [9.17, 15) is 9.36 Å². The van der Waals surface area contributed by atoms with Crippen molar-refractivity contribution in [1.29, 1.82) is 0 Å². The van der Waals surface area contributed by atoms with E-state index in [4.69, 9.17) is 15.5 Å². The normalized spacial score (nSPS) is 13.4. The van der Waals surface area contributed by atoms with Crippen LogP contribution in [0.4, 0.5) is 0 Å². The minimum atomic E-state index is -4.51. The first-order valence-corrected chi connectivity index (χ1v) is 12.1. The number of phosphoric ester groups is 1. The fraction of sp³-hybridized carbons (Fsp3) is 0.409. The standard InChI is InChI=1S/C22H28NO5PS/c1-17(24)19-10-8-18(9-11-19)6-4-3-5-7-20-12-13-21(30-20)14-15-22(2,23)16-28-29(25,26)27/h8-13H,3-4,6,14-16,23H2,1-2H3,(H2,25,26,27). The first-order valence-electron chi connectivity index (χ1n) is 9.70. The summed E-state index contributed by atoms with van der Waals surface area (Å²) >= 11 is 1.60. The number of rotatable bonds is 10. The van der Waals surface area contributed by atoms with Gasteiger partial charge in [-0.1, -0.05) is 36.1 Å². The van der Waals surface area contributed by atoms with Crippen LogP contribution in [-0.4, -0.2) is 27.7 Å². The van der Waals surface area contributed by atoms with Crippen molar-refractivity contribution in [2.45, 2.75) is 51.5 Å². The molecule has 0 amide bonds. The number of phosphoric acid groups is 1. The van der Waals surface area contributed by atoms with Crippen LogP contribution in [0.5, 0.6) is 0 Å². The zero-order valence-corrected chi connectivity index (χ0v) is 19.0. The summed E-state index contributed by atoms with van der Waals surface area (Å²) in [7, 11) is -4.51. The van der Waals surface area contributed by atoms with Crippen LogP contribution < -0.4 is 5.73 Å². The number of aryl methyl sites for hydroxylation is 2. The molecule has 1 heterocycles. The summed E-state index contributed by atoms with van der Waals surface area (Å²) in [6, 6.07) is 11.7. The van der Waals surface area contributed by atoms with E-state index in [1.165, 1.54) is 5.56 Å². The van der Waals surface area contributed by atoms with Crippen molar-refractivity contribution in [2.24, 2.45) is 5.73 Å². The molecular weight excluding hydrogens is 421 g/mol. The van der Waals surface area contributed by atoms with Gasteiger partial charge in [0.05, 0.1) is 11.5 Å². The van der Waals surface area contributed by atoms with E-state index in [1.54, 1.807) is 25.2 Å². The number of unbranched alkanes of at least 4 members (excludes halogenated alkanes) is 1. The van der Waals surface area contributed by atoms with Gasteiger partial charge in [0.2, 0.25) is 0 Å². The van der Waals surface area contributed by atoms with Crippen LogP contribution in [0.2, 0.25) is 0 Å². The van der Waals surface area contributed by atoms with E-state index in [2.05, 4.69) is 16.4 Å². The fourth-order valence-corrected chi connectivity index (χ4v) is 4.07. The smallest absolute Gasteiger partial charge is 0.323 e. The Kier molecular flexibility index (Phi) is 8.99. The van der Waals surface area contributed by atoms with Crippen LogP contribution in [-0.2, 0) is 21.9 Å². The van der Waals surface area contributed by atoms with E-state index in [0.717, 1.165) is 34.6 Å². The molecule has 0 radical (unpaired) electrons. The molecule has 4 N–H and O–H groups in total. The van der Waals surface area contributed by atoms with E-state index in [1.807, 2.05) is 36.4 Å². The quantitative estimate of drug-likeness (QED) is 0.218. The van der Waals surface area contributed by atoms with Gasteiger partial charge in [-0.15, -0.1) is 11.3 Å². The lowest BCUT2D eigenvalue weighted by atomic mass is 9.98. The molecule has 0 saturated carbocycles. The molecule has 6 nitrogen and oxygen atoms in total. The van der Waals surface area contributed by atoms with Gasteiger partial charge >= 0.3 is 7.82 Å². The van der Waals surface area contributed by atoms with Crippen molar-refractivity contribution >= 4 is 24.9 Å². The van der Waals surface area contributed by atoms with Crippen LogP contribution >= 0.6 is 19.2 Å². The average molecular weight is 450 g/mol. The first kappa shape index (κ1) is 24.5. The molecule has 30 heavy (non-hydrogen) atoms. The summed E-state index contributed by atoms with van der Waals surface area (Å²) in [5.74, 6) is 6.46. The number of carbonyl (C=O) groups is 1. The molecule has 8 heteroatoms. The number of Topliss-reactive ketones (excluding diaryl/α,β-unsaturated/α-hetero) is 1. The van der Waals surface area contributed by atoms with Crippen molar-refractivity contribution in [3.63, 3.8) is 0 Å². The third-order valence-electron chi connectivity index (χ3n) is 4.51. The molecule has 0 bridgehead atoms. The highest BCUT2D eigenvalue weighted by molar-refractivity contribution is 7.46. The summed E-state index contributed by atoms with van der Waals surface area (Å²) in [5.41, 5.74) is 7.17. The topological polar surface area (TPSA) is 110 Å². The molecule has 2 aromatic rings. The molecule has 0 aliphatic rings. The zero-order chi connectivity index (χ0) is 22.2. The van der Waals surface area contributed by atoms with Gasteiger partial charge in [0.25, 0.3) is 0 Å². The van der Waals surface area contributed by atoms with E-state index >= 15 is 0 Å². The second-order valence-electron chi connectivity index (χ2n) is 7.59. The monoisotopic (exact) mass is 449 g/mol. The molecule has 0 fully saturated rings. The Balaban J connectivity index is 1.74. The molecule has 1 unspecified atom stereocenters. The third-order valence-corrected chi connectivity index (χ3v) is 6.03. The summed E-state index contributed by atoms with van der Waals surface area (Å²) < 4.78 is 15.3. The summed E-state index contributed by atoms with van der Waals surface area (Å²) in [4.78, 5) is 31.0. The van der Waals surface area contributed by atoms with E-state index in [0.29, 0.717) is 12.8 Å². The summed E-state index contributed by atoms with van der Waals surface area (Å²) in [5, 5.41) is 0. The van der Waals surface area contributed by atoms with Gasteiger partial charge in [-0.25, -0.2) is 4.57 Å². The number of carbonyl (C=O) groups excluding carboxylic acids is 1. The first-order chi connectivity index (χ1) is 14.0. The van der Waals surface area contributed by atoms with Crippen molar-refractivity contribution in [1.82, 2.24) is 0 Å². The Labute approximate surface area is 181 Å². The Morgan fingerprint density at radius 1 is 1.20 bits per heavy atom. The Hall–Kier alpha value is -1.78. The lowest BCUT2D eigenvalue weighted by Gasteiger charge is -2.24. The third kappa shape index (κ3) is 9.36. The molecule has 2 rings (SSSR count). The fourth-order valence-electron chi connectivity index (χ4n) is 2.73. The van der Waals surface area contributed by atoms with Crippen LogP contribution in [0.1, 0.15) is 58.8 Å². The number of thiophene rings is 1. The molecule has 0 aliphatic heterocycles. The molecule has 1 aromatic heterocycles. The highest BCUT2D eigenvalue weighted by Gasteiger charge is 2.24. The summed E-state index contributed by atoms with van der Waals surface area (Å²) in [6.07, 6.45) is 3.91. The van der Waals surface area contributed by atoms with Crippen LogP contribution in [0.3, 0.4) is 0 Å². The number of nitrogens with two attached hydrogens (primary N) is 1. The lowest BCUT2D eigenvalue weighted by molar-refractivity contribution is 0.101. The molecule has 0 spiro atoms. The van der Waals surface area contributed by atoms with Crippen LogP contribution in [0.15, 0.2) is 36.4 Å². The van der Waals surface area contributed by atoms with Crippen LogP contribution in [0.25, 0.3) is 0 Å². The maximum atomic E-state index is 11.3.